The van der Waals surface area contributed by atoms with Crippen molar-refractivity contribution in [2.45, 2.75) is 44.9 Å². The van der Waals surface area contributed by atoms with Crippen LogP contribution in [0, 0.1) is 5.92 Å². The number of methoxy groups -OCH3 is 4. The average molecular weight is 759 g/mol. The molecule has 1 aromatic heterocycles. The van der Waals surface area contributed by atoms with E-state index in [1.165, 1.54) is 20.3 Å². The maximum atomic E-state index is 15.0. The van der Waals surface area contributed by atoms with Crippen molar-refractivity contribution < 1.29 is 52.0 Å². The Bertz CT molecular complexity index is 2230. The zero-order chi connectivity index (χ0) is 38.1. The van der Waals surface area contributed by atoms with E-state index in [4.69, 9.17) is 49.2 Å². The standard InChI is InChI=1S/C40H39ClN2O11/c1-19-13-27-30(38(45)40(19)39(46)31-26(48-4)15-28(49-5)32(41)36(31)54-40)23(33(53-27)20-7-9-21(47-3)10-8-20)14-29(44)42-16-24-22-11-12-43(2)17-25(22)34(50-6)37-35(24)51-18-52-37/h7-10,15,19H,11-14,16-18H2,1-6H3,(H,42,44)/t19-,40+/m1/s1. The lowest BCUT2D eigenvalue weighted by atomic mass is 9.70. The van der Waals surface area contributed by atoms with Crippen molar-refractivity contribution in [3.63, 3.8) is 0 Å². The predicted octanol–water partition coefficient (Wildman–Crippen LogP) is 5.60. The maximum Gasteiger partial charge on any atom is 0.237 e. The minimum absolute atomic E-state index is 0.00688. The molecule has 54 heavy (non-hydrogen) atoms. The van der Waals surface area contributed by atoms with Crippen LogP contribution in [0.25, 0.3) is 11.3 Å². The number of nitrogens with one attached hydrogen (secondary N) is 1. The molecule has 3 aliphatic heterocycles. The third-order valence-corrected chi connectivity index (χ3v) is 11.2. The number of fused-ring (bicyclic) bond motifs is 4. The quantitative estimate of drug-likeness (QED) is 0.212. The van der Waals surface area contributed by atoms with Gasteiger partial charge in [-0.05, 0) is 43.3 Å². The van der Waals surface area contributed by atoms with Gasteiger partial charge in [0.2, 0.25) is 35.6 Å². The minimum Gasteiger partial charge on any atom is -0.497 e. The summed E-state index contributed by atoms with van der Waals surface area (Å²) in [6.07, 6.45) is 0.654. The van der Waals surface area contributed by atoms with Gasteiger partial charge in [0.25, 0.3) is 0 Å². The van der Waals surface area contributed by atoms with E-state index in [-0.39, 0.29) is 65.5 Å². The van der Waals surface area contributed by atoms with Crippen LogP contribution in [0.5, 0.6) is 40.2 Å². The second-order valence-corrected chi connectivity index (χ2v) is 14.2. The molecule has 4 aromatic rings. The Kier molecular flexibility index (Phi) is 8.89. The predicted molar refractivity (Wildman–Crippen MR) is 195 cm³/mol. The molecule has 0 radical (unpaired) electrons. The molecule has 4 heterocycles. The van der Waals surface area contributed by atoms with Crippen LogP contribution in [-0.2, 0) is 37.1 Å². The van der Waals surface area contributed by atoms with Gasteiger partial charge in [0.15, 0.2) is 17.2 Å². The molecule has 1 N–H and O–H groups in total. The maximum absolute atomic E-state index is 15.0. The van der Waals surface area contributed by atoms with Gasteiger partial charge in [0, 0.05) is 60.3 Å². The van der Waals surface area contributed by atoms with Crippen molar-refractivity contribution in [1.82, 2.24) is 10.2 Å². The highest BCUT2D eigenvalue weighted by atomic mass is 35.5. The van der Waals surface area contributed by atoms with Crippen molar-refractivity contribution >= 4 is 29.1 Å². The molecule has 4 aliphatic rings. The lowest BCUT2D eigenvalue weighted by molar-refractivity contribution is -0.120. The van der Waals surface area contributed by atoms with Gasteiger partial charge in [-0.2, -0.15) is 0 Å². The molecule has 1 amide bonds. The monoisotopic (exact) mass is 758 g/mol. The molecule has 0 saturated heterocycles. The highest BCUT2D eigenvalue weighted by Crippen LogP contribution is 2.55. The van der Waals surface area contributed by atoms with Crippen LogP contribution in [0.2, 0.25) is 5.02 Å². The van der Waals surface area contributed by atoms with Gasteiger partial charge in [-0.1, -0.05) is 18.5 Å². The van der Waals surface area contributed by atoms with Gasteiger partial charge in [0.1, 0.15) is 39.4 Å². The van der Waals surface area contributed by atoms with E-state index in [1.54, 1.807) is 45.4 Å². The smallest absolute Gasteiger partial charge is 0.237 e. The number of rotatable bonds is 9. The largest absolute Gasteiger partial charge is 0.497 e. The van der Waals surface area contributed by atoms with Crippen molar-refractivity contribution in [3.05, 3.63) is 74.5 Å². The summed E-state index contributed by atoms with van der Waals surface area (Å²) in [6.45, 7) is 3.40. The van der Waals surface area contributed by atoms with Crippen LogP contribution < -0.4 is 38.5 Å². The van der Waals surface area contributed by atoms with Crippen LogP contribution in [-0.4, -0.2) is 76.8 Å². The first-order valence-electron chi connectivity index (χ1n) is 17.5. The molecule has 8 rings (SSSR count). The Morgan fingerprint density at radius 2 is 1.65 bits per heavy atom. The molecule has 13 nitrogen and oxygen atoms in total. The summed E-state index contributed by atoms with van der Waals surface area (Å²) in [5.74, 6) is 1.13. The third kappa shape index (κ3) is 5.27. The fourth-order valence-electron chi connectivity index (χ4n) is 8.17. The molecule has 3 aromatic carbocycles. The number of benzene rings is 3. The van der Waals surface area contributed by atoms with E-state index in [2.05, 4.69) is 10.2 Å². The third-order valence-electron chi connectivity index (χ3n) is 10.9. The number of furan rings is 1. The molecule has 2 atom stereocenters. The number of hydrogen-bond acceptors (Lipinski definition) is 12. The van der Waals surface area contributed by atoms with Gasteiger partial charge >= 0.3 is 0 Å². The molecule has 0 unspecified atom stereocenters. The Labute approximate surface area is 316 Å². The molecule has 14 heteroatoms. The van der Waals surface area contributed by atoms with Crippen molar-refractivity contribution in [1.29, 1.82) is 0 Å². The summed E-state index contributed by atoms with van der Waals surface area (Å²) in [7, 11) is 8.05. The second-order valence-electron chi connectivity index (χ2n) is 13.8. The Hall–Kier alpha value is -5.40. The molecular formula is C40H39ClN2O11. The number of carbonyl (C=O) groups is 3. The fourth-order valence-corrected chi connectivity index (χ4v) is 8.44. The summed E-state index contributed by atoms with van der Waals surface area (Å²) in [6, 6.07) is 8.60. The first-order chi connectivity index (χ1) is 26.1. The zero-order valence-electron chi connectivity index (χ0n) is 30.7. The SMILES string of the molecule is COc1ccc(-c2oc3c(c2CC(=O)NCc2c4c(c(OC)c5c2OCO5)CN(C)CC4)C(=O)[C@@]2(Oc4c(Cl)c(OC)cc(OC)c4C2=O)[C@H](C)C3)cc1. The Balaban J connectivity index is 1.18. The van der Waals surface area contributed by atoms with Gasteiger partial charge < -0.3 is 47.8 Å². The van der Waals surface area contributed by atoms with E-state index < -0.39 is 23.1 Å². The van der Waals surface area contributed by atoms with Crippen LogP contribution in [0.4, 0.5) is 0 Å². The molecule has 0 fully saturated rings. The van der Waals surface area contributed by atoms with Crippen molar-refractivity contribution in [2.75, 3.05) is 48.8 Å². The number of amides is 1. The normalized spacial score (nSPS) is 19.6. The highest BCUT2D eigenvalue weighted by Gasteiger charge is 2.63. The van der Waals surface area contributed by atoms with Gasteiger partial charge in [-0.25, -0.2) is 0 Å². The average Bonchev–Trinajstić information content (AvgIpc) is 3.88. The van der Waals surface area contributed by atoms with E-state index in [0.717, 1.165) is 29.7 Å². The summed E-state index contributed by atoms with van der Waals surface area (Å²) in [5.41, 5.74) is 1.99. The fraction of sp³-hybridized carbons (Fsp3) is 0.375. The summed E-state index contributed by atoms with van der Waals surface area (Å²) in [4.78, 5) is 45.7. The van der Waals surface area contributed by atoms with Crippen LogP contribution >= 0.6 is 11.6 Å². The van der Waals surface area contributed by atoms with Crippen molar-refractivity contribution in [3.8, 4) is 51.6 Å². The molecule has 1 spiro atoms. The minimum atomic E-state index is -1.99. The lowest BCUT2D eigenvalue weighted by Crippen LogP contribution is -2.56. The number of hydrogen-bond donors (Lipinski definition) is 1. The molecule has 282 valence electrons. The number of nitrogens with zero attached hydrogens (tertiary/aromatic N) is 1. The van der Waals surface area contributed by atoms with Crippen LogP contribution in [0.3, 0.4) is 0 Å². The second kappa shape index (κ2) is 13.5. The Morgan fingerprint density at radius 3 is 2.35 bits per heavy atom. The molecule has 0 bridgehead atoms. The Morgan fingerprint density at radius 1 is 0.926 bits per heavy atom. The number of ether oxygens (including phenoxy) is 7. The number of halogens is 1. The summed E-state index contributed by atoms with van der Waals surface area (Å²) in [5, 5.41) is 3.11. The molecule has 1 aliphatic carbocycles. The van der Waals surface area contributed by atoms with Crippen LogP contribution in [0.1, 0.15) is 55.7 Å². The topological polar surface area (TPSA) is 144 Å². The zero-order valence-corrected chi connectivity index (χ0v) is 31.5. The number of Topliss-reactive ketones (excluding diaryl/α,β-unsaturated/α-hetero) is 2. The first-order valence-corrected chi connectivity index (χ1v) is 17.9. The number of likely N-dealkylation sites (N-methyl/N-ethyl adjacent to an activating group) is 1. The van der Waals surface area contributed by atoms with E-state index in [1.807, 2.05) is 7.05 Å². The van der Waals surface area contributed by atoms with E-state index in [9.17, 15) is 14.4 Å². The van der Waals surface area contributed by atoms with Gasteiger partial charge in [-0.15, -0.1) is 0 Å². The molecule has 0 saturated carbocycles. The van der Waals surface area contributed by atoms with Crippen LogP contribution in [0.15, 0.2) is 34.7 Å². The molecular weight excluding hydrogens is 720 g/mol. The summed E-state index contributed by atoms with van der Waals surface area (Å²) < 4.78 is 46.7. The first kappa shape index (κ1) is 35.6. The number of carbonyl (C=O) groups excluding carboxylic acids is 3. The van der Waals surface area contributed by atoms with Gasteiger partial charge in [0.05, 0.1) is 40.4 Å². The van der Waals surface area contributed by atoms with E-state index >= 15 is 0 Å². The number of ketones is 2. The highest BCUT2D eigenvalue weighted by molar-refractivity contribution is 6.36. The lowest BCUT2D eigenvalue weighted by Gasteiger charge is -2.35. The van der Waals surface area contributed by atoms with Crippen molar-refractivity contribution in [2.24, 2.45) is 5.92 Å². The van der Waals surface area contributed by atoms with Gasteiger partial charge in [-0.3, -0.25) is 14.4 Å². The summed E-state index contributed by atoms with van der Waals surface area (Å²) >= 11 is 6.67. The van der Waals surface area contributed by atoms with E-state index in [0.29, 0.717) is 52.2 Å².